The molecule has 21 heavy (non-hydrogen) atoms. The second kappa shape index (κ2) is 5.54. The molecule has 102 valence electrons. The minimum absolute atomic E-state index is 0.0804. The first-order valence-corrected chi connectivity index (χ1v) is 6.51. The Balaban J connectivity index is 1.93. The van der Waals surface area contributed by atoms with Gasteiger partial charge in [0.05, 0.1) is 16.1 Å². The summed E-state index contributed by atoms with van der Waals surface area (Å²) in [7, 11) is 0. The first-order valence-electron chi connectivity index (χ1n) is 6.51. The maximum Gasteiger partial charge on any atom is 0.270 e. The third kappa shape index (κ3) is 2.95. The third-order valence-electron chi connectivity index (χ3n) is 3.15. The Hall–Kier alpha value is -3.01. The largest absolute Gasteiger partial charge is 0.270 e. The van der Waals surface area contributed by atoms with Crippen LogP contribution in [0.2, 0.25) is 0 Å². The molecular formula is C17H12N2O2. The van der Waals surface area contributed by atoms with Gasteiger partial charge in [-0.25, -0.2) is 4.98 Å². The highest BCUT2D eigenvalue weighted by atomic mass is 16.6. The second-order valence-corrected chi connectivity index (χ2v) is 4.61. The molecule has 0 aliphatic heterocycles. The van der Waals surface area contributed by atoms with Crippen molar-refractivity contribution in [3.63, 3.8) is 0 Å². The number of hydrogen-bond acceptors (Lipinski definition) is 3. The van der Waals surface area contributed by atoms with Crippen molar-refractivity contribution in [1.29, 1.82) is 0 Å². The molecule has 0 saturated heterocycles. The molecule has 0 bridgehead atoms. The fraction of sp³-hybridized carbons (Fsp3) is 0. The van der Waals surface area contributed by atoms with Crippen molar-refractivity contribution < 1.29 is 4.92 Å². The van der Waals surface area contributed by atoms with Crippen molar-refractivity contribution in [3.05, 3.63) is 82.0 Å². The van der Waals surface area contributed by atoms with Crippen LogP contribution in [-0.4, -0.2) is 9.91 Å². The standard InChI is InChI=1S/C17H12N2O2/c20-19(21)16-10-11-17-14(12-16)7-9-15(18-17)8-6-13-4-2-1-3-5-13/h1-12H/b8-6+. The number of nitro groups is 1. The maximum atomic E-state index is 10.7. The number of hydrogen-bond donors (Lipinski definition) is 0. The van der Waals surface area contributed by atoms with Gasteiger partial charge in [-0.3, -0.25) is 10.1 Å². The number of pyridine rings is 1. The SMILES string of the molecule is O=[N+]([O-])c1ccc2nc(/C=C/c3ccccc3)ccc2c1. The van der Waals surface area contributed by atoms with Gasteiger partial charge in [0.2, 0.25) is 0 Å². The number of non-ortho nitro benzene ring substituents is 1. The lowest BCUT2D eigenvalue weighted by Crippen LogP contribution is -1.89. The van der Waals surface area contributed by atoms with Crippen LogP contribution in [0.25, 0.3) is 23.1 Å². The van der Waals surface area contributed by atoms with Crippen LogP contribution < -0.4 is 0 Å². The van der Waals surface area contributed by atoms with Crippen LogP contribution in [0.1, 0.15) is 11.3 Å². The van der Waals surface area contributed by atoms with Gasteiger partial charge in [-0.1, -0.05) is 42.5 Å². The zero-order valence-corrected chi connectivity index (χ0v) is 11.1. The molecule has 0 spiro atoms. The molecule has 1 heterocycles. The topological polar surface area (TPSA) is 56.0 Å². The Kier molecular flexibility index (Phi) is 3.43. The first-order chi connectivity index (χ1) is 10.2. The predicted octanol–water partition coefficient (Wildman–Crippen LogP) is 4.31. The van der Waals surface area contributed by atoms with Crippen LogP contribution in [0.3, 0.4) is 0 Å². The van der Waals surface area contributed by atoms with Crippen molar-refractivity contribution in [2.24, 2.45) is 0 Å². The summed E-state index contributed by atoms with van der Waals surface area (Å²) in [5.74, 6) is 0. The van der Waals surface area contributed by atoms with E-state index in [2.05, 4.69) is 4.98 Å². The van der Waals surface area contributed by atoms with E-state index in [1.807, 2.05) is 54.6 Å². The van der Waals surface area contributed by atoms with E-state index in [0.29, 0.717) is 0 Å². The molecule has 0 unspecified atom stereocenters. The summed E-state index contributed by atoms with van der Waals surface area (Å²) < 4.78 is 0. The summed E-state index contributed by atoms with van der Waals surface area (Å²) in [5, 5.41) is 11.5. The van der Waals surface area contributed by atoms with E-state index in [0.717, 1.165) is 22.2 Å². The average Bonchev–Trinajstić information content (AvgIpc) is 2.53. The van der Waals surface area contributed by atoms with E-state index in [-0.39, 0.29) is 5.69 Å². The first kappa shape index (κ1) is 13.0. The summed E-state index contributed by atoms with van der Waals surface area (Å²) in [5.41, 5.74) is 2.75. The van der Waals surface area contributed by atoms with Gasteiger partial charge in [-0.2, -0.15) is 0 Å². The van der Waals surface area contributed by atoms with Gasteiger partial charge in [-0.15, -0.1) is 0 Å². The molecule has 0 aliphatic carbocycles. The van der Waals surface area contributed by atoms with Gasteiger partial charge >= 0.3 is 0 Å². The molecule has 0 saturated carbocycles. The van der Waals surface area contributed by atoms with E-state index in [9.17, 15) is 10.1 Å². The van der Waals surface area contributed by atoms with Crippen molar-refractivity contribution in [1.82, 2.24) is 4.98 Å². The molecule has 0 fully saturated rings. The predicted molar refractivity (Wildman–Crippen MR) is 83.8 cm³/mol. The Morgan fingerprint density at radius 2 is 1.76 bits per heavy atom. The molecule has 0 amide bonds. The Labute approximate surface area is 121 Å². The summed E-state index contributed by atoms with van der Waals surface area (Å²) in [6, 6.07) is 18.3. The molecular weight excluding hydrogens is 264 g/mol. The molecule has 1 aromatic heterocycles. The molecule has 4 heteroatoms. The van der Waals surface area contributed by atoms with E-state index in [1.54, 1.807) is 6.07 Å². The number of nitrogens with zero attached hydrogens (tertiary/aromatic N) is 2. The second-order valence-electron chi connectivity index (χ2n) is 4.61. The number of aromatic nitrogens is 1. The van der Waals surface area contributed by atoms with Gasteiger partial charge in [-0.05, 0) is 23.8 Å². The zero-order chi connectivity index (χ0) is 14.7. The Bertz CT molecular complexity index is 827. The number of nitro benzene ring substituents is 1. The number of fused-ring (bicyclic) bond motifs is 1. The van der Waals surface area contributed by atoms with E-state index in [1.165, 1.54) is 12.1 Å². The van der Waals surface area contributed by atoms with Crippen LogP contribution in [-0.2, 0) is 0 Å². The maximum absolute atomic E-state index is 10.7. The van der Waals surface area contributed by atoms with Gasteiger partial charge in [0, 0.05) is 17.5 Å². The van der Waals surface area contributed by atoms with Gasteiger partial charge < -0.3 is 0 Å². The minimum atomic E-state index is -0.400. The Morgan fingerprint density at radius 3 is 2.52 bits per heavy atom. The molecule has 3 rings (SSSR count). The van der Waals surface area contributed by atoms with Gasteiger partial charge in [0.1, 0.15) is 0 Å². The highest BCUT2D eigenvalue weighted by Gasteiger charge is 2.06. The lowest BCUT2D eigenvalue weighted by atomic mass is 10.1. The lowest BCUT2D eigenvalue weighted by Gasteiger charge is -1.99. The van der Waals surface area contributed by atoms with Gasteiger partial charge in [0.25, 0.3) is 5.69 Å². The zero-order valence-electron chi connectivity index (χ0n) is 11.1. The van der Waals surface area contributed by atoms with Crippen LogP contribution >= 0.6 is 0 Å². The summed E-state index contributed by atoms with van der Waals surface area (Å²) in [6.07, 6.45) is 3.91. The van der Waals surface area contributed by atoms with Crippen molar-refractivity contribution >= 4 is 28.7 Å². The third-order valence-corrected chi connectivity index (χ3v) is 3.15. The summed E-state index contributed by atoms with van der Waals surface area (Å²) in [4.78, 5) is 14.8. The van der Waals surface area contributed by atoms with E-state index >= 15 is 0 Å². The molecule has 0 N–H and O–H groups in total. The quantitative estimate of drug-likeness (QED) is 0.529. The fourth-order valence-electron chi connectivity index (χ4n) is 2.08. The van der Waals surface area contributed by atoms with Crippen LogP contribution in [0.5, 0.6) is 0 Å². The average molecular weight is 276 g/mol. The molecule has 0 atom stereocenters. The van der Waals surface area contributed by atoms with Crippen LogP contribution in [0.4, 0.5) is 5.69 Å². The minimum Gasteiger partial charge on any atom is -0.258 e. The highest BCUT2D eigenvalue weighted by molar-refractivity contribution is 5.83. The smallest absolute Gasteiger partial charge is 0.258 e. The number of rotatable bonds is 3. The lowest BCUT2D eigenvalue weighted by molar-refractivity contribution is -0.384. The van der Waals surface area contributed by atoms with Crippen molar-refractivity contribution in [2.45, 2.75) is 0 Å². The van der Waals surface area contributed by atoms with Crippen LogP contribution in [0.15, 0.2) is 60.7 Å². The van der Waals surface area contributed by atoms with Gasteiger partial charge in [0.15, 0.2) is 0 Å². The Morgan fingerprint density at radius 1 is 0.952 bits per heavy atom. The summed E-state index contributed by atoms with van der Waals surface area (Å²) in [6.45, 7) is 0. The normalized spacial score (nSPS) is 11.0. The number of benzene rings is 2. The van der Waals surface area contributed by atoms with E-state index in [4.69, 9.17) is 0 Å². The summed E-state index contributed by atoms with van der Waals surface area (Å²) >= 11 is 0. The fourth-order valence-corrected chi connectivity index (χ4v) is 2.08. The molecule has 4 nitrogen and oxygen atoms in total. The molecule has 0 aliphatic rings. The van der Waals surface area contributed by atoms with Crippen LogP contribution in [0, 0.1) is 10.1 Å². The molecule has 0 radical (unpaired) electrons. The van der Waals surface area contributed by atoms with Crippen molar-refractivity contribution in [2.75, 3.05) is 0 Å². The molecule has 2 aromatic carbocycles. The molecule has 3 aromatic rings. The highest BCUT2D eigenvalue weighted by Crippen LogP contribution is 2.20. The monoisotopic (exact) mass is 276 g/mol. The van der Waals surface area contributed by atoms with E-state index < -0.39 is 4.92 Å². The van der Waals surface area contributed by atoms with Crippen molar-refractivity contribution in [3.8, 4) is 0 Å².